The quantitative estimate of drug-likeness (QED) is 0.291. The van der Waals surface area contributed by atoms with Gasteiger partial charge in [0.25, 0.3) is 0 Å². The van der Waals surface area contributed by atoms with Crippen molar-refractivity contribution in [3.8, 4) is 0 Å². The van der Waals surface area contributed by atoms with Gasteiger partial charge in [-0.15, -0.1) is 0 Å². The Balaban J connectivity index is 1.86. The van der Waals surface area contributed by atoms with Crippen LogP contribution in [0.25, 0.3) is 6.08 Å². The van der Waals surface area contributed by atoms with E-state index in [2.05, 4.69) is 0 Å². The van der Waals surface area contributed by atoms with Crippen LogP contribution in [-0.2, 0) is 15.2 Å². The minimum atomic E-state index is -2.09. The summed E-state index contributed by atoms with van der Waals surface area (Å²) in [5.41, 5.74) is 0.628. The number of rotatable bonds is 5. The van der Waals surface area contributed by atoms with Crippen molar-refractivity contribution in [2.75, 3.05) is 0 Å². The third kappa shape index (κ3) is 3.45. The summed E-state index contributed by atoms with van der Waals surface area (Å²) in [6, 6.07) is 21.0. The average Bonchev–Trinajstić information content (AvgIpc) is 3.11. The summed E-state index contributed by atoms with van der Waals surface area (Å²) in [4.78, 5) is 42.7. The largest absolute Gasteiger partial charge is 0.377 e. The van der Waals surface area contributed by atoms with Gasteiger partial charge in [-0.05, 0) is 50.5 Å². The number of benzene rings is 3. The van der Waals surface area contributed by atoms with E-state index in [0.29, 0.717) is 11.1 Å². The molecule has 0 amide bonds. The van der Waals surface area contributed by atoms with Crippen LogP contribution < -0.4 is 0 Å². The van der Waals surface area contributed by atoms with Gasteiger partial charge >= 0.3 is 0 Å². The molecule has 0 aliphatic carbocycles. The van der Waals surface area contributed by atoms with Gasteiger partial charge in [0.05, 0.1) is 11.7 Å². The monoisotopic (exact) mass is 491 g/mol. The lowest BCUT2D eigenvalue weighted by Gasteiger charge is -2.42. The van der Waals surface area contributed by atoms with E-state index >= 15 is 0 Å². The molecule has 1 fully saturated rings. The average molecular weight is 492 g/mol. The van der Waals surface area contributed by atoms with E-state index in [1.165, 1.54) is 19.9 Å². The molecule has 5 rings (SSSR count). The van der Waals surface area contributed by atoms with Gasteiger partial charge in [0.2, 0.25) is 0 Å². The normalized spacial score (nSPS) is 22.5. The molecular weight excluding hydrogens is 462 g/mol. The molecule has 0 saturated carbocycles. The number of hydrogen-bond acceptors (Lipinski definition) is 5. The van der Waals surface area contributed by atoms with Crippen molar-refractivity contribution >= 4 is 23.4 Å². The van der Waals surface area contributed by atoms with E-state index < -0.39 is 28.6 Å². The summed E-state index contributed by atoms with van der Waals surface area (Å²) in [6.07, 6.45) is 5.01. The Bertz CT molecular complexity index is 1470. The standard InChI is InChI=1S/C32H29NO4/c1-20-9-13-25(14-10-20)28(36)19-29-32(37,26-15-11-21(2)12-16-26)31(22(3)34,23(4)35)30-27-8-6-5-7-24(27)17-18-33(29)30/h5-19,30,37H,1-4H3/b29-19-/t30-,32-/m0/s1. The number of carbonyl (C=O) groups excluding carboxylic acids is 3. The predicted octanol–water partition coefficient (Wildman–Crippen LogP) is 5.46. The molecule has 0 spiro atoms. The summed E-state index contributed by atoms with van der Waals surface area (Å²) < 4.78 is 0. The van der Waals surface area contributed by atoms with Gasteiger partial charge in [0.15, 0.2) is 11.4 Å². The van der Waals surface area contributed by atoms with E-state index in [1.807, 2.05) is 68.5 Å². The highest BCUT2D eigenvalue weighted by molar-refractivity contribution is 6.10. The zero-order chi connectivity index (χ0) is 26.5. The van der Waals surface area contributed by atoms with Crippen LogP contribution in [0.3, 0.4) is 0 Å². The Hall–Kier alpha value is -4.09. The third-order valence-corrected chi connectivity index (χ3v) is 7.80. The number of carbonyl (C=O) groups is 3. The van der Waals surface area contributed by atoms with Crippen LogP contribution in [0.1, 0.15) is 58.1 Å². The molecule has 2 atom stereocenters. The number of nitrogens with zero attached hydrogens (tertiary/aromatic N) is 1. The van der Waals surface area contributed by atoms with Gasteiger partial charge in [0.1, 0.15) is 17.0 Å². The fourth-order valence-corrected chi connectivity index (χ4v) is 5.97. The molecule has 5 nitrogen and oxygen atoms in total. The second-order valence-electron chi connectivity index (χ2n) is 10.0. The summed E-state index contributed by atoms with van der Waals surface area (Å²) >= 11 is 0. The number of allylic oxidation sites excluding steroid dienone is 1. The number of hydrogen-bond donors (Lipinski definition) is 1. The molecule has 0 unspecified atom stereocenters. The highest BCUT2D eigenvalue weighted by Crippen LogP contribution is 2.64. The van der Waals surface area contributed by atoms with Gasteiger partial charge in [-0.3, -0.25) is 14.4 Å². The molecule has 37 heavy (non-hydrogen) atoms. The second-order valence-corrected chi connectivity index (χ2v) is 10.0. The van der Waals surface area contributed by atoms with E-state index in [4.69, 9.17) is 0 Å². The number of ketones is 3. The minimum Gasteiger partial charge on any atom is -0.377 e. The Morgan fingerprint density at radius 3 is 2.00 bits per heavy atom. The van der Waals surface area contributed by atoms with Gasteiger partial charge in [-0.25, -0.2) is 0 Å². The Morgan fingerprint density at radius 1 is 0.838 bits per heavy atom. The first-order chi connectivity index (χ1) is 17.6. The molecule has 1 saturated heterocycles. The molecule has 0 radical (unpaired) electrons. The molecule has 3 aromatic carbocycles. The van der Waals surface area contributed by atoms with Crippen molar-refractivity contribution in [2.24, 2.45) is 5.41 Å². The van der Waals surface area contributed by atoms with Crippen molar-refractivity contribution in [1.29, 1.82) is 0 Å². The summed E-state index contributed by atoms with van der Waals surface area (Å²) in [7, 11) is 0. The van der Waals surface area contributed by atoms with Gasteiger partial charge in [-0.1, -0.05) is 83.9 Å². The zero-order valence-electron chi connectivity index (χ0n) is 21.4. The fraction of sp³-hybridized carbons (Fsp3) is 0.219. The zero-order valence-corrected chi connectivity index (χ0v) is 21.4. The molecule has 0 aromatic heterocycles. The highest BCUT2D eigenvalue weighted by atomic mass is 16.3. The van der Waals surface area contributed by atoms with Crippen LogP contribution in [0.4, 0.5) is 0 Å². The van der Waals surface area contributed by atoms with Gasteiger partial charge < -0.3 is 10.0 Å². The number of aliphatic hydroxyl groups is 1. The first-order valence-electron chi connectivity index (χ1n) is 12.3. The van der Waals surface area contributed by atoms with Crippen LogP contribution in [-0.4, -0.2) is 27.4 Å². The van der Waals surface area contributed by atoms with Crippen LogP contribution in [0.5, 0.6) is 0 Å². The van der Waals surface area contributed by atoms with E-state index in [-0.39, 0.29) is 11.5 Å². The Labute approximate surface area is 216 Å². The Morgan fingerprint density at radius 2 is 1.41 bits per heavy atom. The summed E-state index contributed by atoms with van der Waals surface area (Å²) in [6.45, 7) is 6.56. The van der Waals surface area contributed by atoms with Gasteiger partial charge in [-0.2, -0.15) is 0 Å². The molecule has 2 heterocycles. The van der Waals surface area contributed by atoms with E-state index in [0.717, 1.165) is 22.3 Å². The van der Waals surface area contributed by atoms with Crippen molar-refractivity contribution < 1.29 is 19.5 Å². The molecular formula is C32H29NO4. The lowest BCUT2D eigenvalue weighted by Crippen LogP contribution is -2.54. The maximum atomic E-state index is 13.7. The molecule has 186 valence electrons. The lowest BCUT2D eigenvalue weighted by atomic mass is 9.60. The lowest BCUT2D eigenvalue weighted by molar-refractivity contribution is -0.155. The molecule has 5 heteroatoms. The van der Waals surface area contributed by atoms with E-state index in [9.17, 15) is 19.5 Å². The molecule has 1 N–H and O–H groups in total. The first kappa shape index (κ1) is 24.6. The topological polar surface area (TPSA) is 74.7 Å². The molecule has 3 aromatic rings. The maximum absolute atomic E-state index is 13.7. The Kier molecular flexibility index (Phi) is 5.84. The third-order valence-electron chi connectivity index (χ3n) is 7.80. The van der Waals surface area contributed by atoms with Crippen molar-refractivity contribution in [3.05, 3.63) is 124 Å². The van der Waals surface area contributed by atoms with Gasteiger partial charge in [0, 0.05) is 17.8 Å². The van der Waals surface area contributed by atoms with Crippen molar-refractivity contribution in [1.82, 2.24) is 4.90 Å². The predicted molar refractivity (Wildman–Crippen MR) is 143 cm³/mol. The number of fused-ring (bicyclic) bond motifs is 3. The van der Waals surface area contributed by atoms with Crippen LogP contribution in [0.2, 0.25) is 0 Å². The maximum Gasteiger partial charge on any atom is 0.187 e. The molecule has 0 bridgehead atoms. The number of aryl methyl sites for hydroxylation is 2. The molecule has 2 aliphatic rings. The SMILES string of the molecule is CC(=O)C1(C(C)=O)[C@@H]2c3ccccc3C=CN2/C(=C\C(=O)c2ccc(C)cc2)[C@@]1(O)c1ccc(C)cc1. The summed E-state index contributed by atoms with van der Waals surface area (Å²) in [5, 5.41) is 12.8. The second kappa shape index (κ2) is 8.79. The smallest absolute Gasteiger partial charge is 0.187 e. The van der Waals surface area contributed by atoms with Crippen LogP contribution >= 0.6 is 0 Å². The highest BCUT2D eigenvalue weighted by Gasteiger charge is 2.72. The van der Waals surface area contributed by atoms with Crippen molar-refractivity contribution in [2.45, 2.75) is 39.3 Å². The van der Waals surface area contributed by atoms with Crippen LogP contribution in [0.15, 0.2) is 90.8 Å². The minimum absolute atomic E-state index is 0.197. The van der Waals surface area contributed by atoms with Crippen molar-refractivity contribution in [3.63, 3.8) is 0 Å². The first-order valence-corrected chi connectivity index (χ1v) is 12.3. The fourth-order valence-electron chi connectivity index (χ4n) is 5.97. The van der Waals surface area contributed by atoms with Crippen LogP contribution in [0, 0.1) is 19.3 Å². The van der Waals surface area contributed by atoms with E-state index in [1.54, 1.807) is 35.4 Å². The molecule has 2 aliphatic heterocycles. The summed E-state index contributed by atoms with van der Waals surface area (Å²) in [5.74, 6) is -1.25. The number of Topliss-reactive ketones (excluding diaryl/α,β-unsaturated/α-hetero) is 2.